The van der Waals surface area contributed by atoms with Gasteiger partial charge < -0.3 is 45.5 Å². The fourth-order valence-electron chi connectivity index (χ4n) is 11.3. The van der Waals surface area contributed by atoms with Crippen molar-refractivity contribution < 1.29 is 43.3 Å². The molecule has 0 bridgehead atoms. The minimum Gasteiger partial charge on any atom is -0.462 e. The van der Waals surface area contributed by atoms with E-state index in [4.69, 9.17) is 30.4 Å². The molecule has 14 nitrogen and oxygen atoms in total. The van der Waals surface area contributed by atoms with Crippen molar-refractivity contribution in [2.45, 2.75) is 241 Å². The Labute approximate surface area is 366 Å². The molecule has 8 N–H and O–H groups in total. The number of unbranched alkanes of at least 4 members (excludes halogenated alkanes) is 10. The Morgan fingerprint density at radius 2 is 1.66 bits per heavy atom. The van der Waals surface area contributed by atoms with Crippen molar-refractivity contribution in [1.29, 1.82) is 0 Å². The van der Waals surface area contributed by atoms with Crippen LogP contribution >= 0.6 is 0 Å². The largest absolute Gasteiger partial charge is 0.462 e. The molecule has 0 aliphatic carbocycles. The van der Waals surface area contributed by atoms with E-state index in [2.05, 4.69) is 48.1 Å². The lowest BCUT2D eigenvalue weighted by Crippen LogP contribution is -2.76. The monoisotopic (exact) mass is 860 g/mol. The number of nitrogens with two attached hydrogens (primary N) is 2. The van der Waals surface area contributed by atoms with Gasteiger partial charge in [-0.15, -0.1) is 0 Å². The second-order valence-electron chi connectivity index (χ2n) is 19.2. The number of ether oxygens (including phenoxy) is 4. The first-order chi connectivity index (χ1) is 29.5. The zero-order valence-corrected chi connectivity index (χ0v) is 38.0. The smallest absolute Gasteiger partial charge is 0.350 e. The van der Waals surface area contributed by atoms with E-state index in [0.29, 0.717) is 25.4 Å². The number of rotatable bonds is 24. The number of guanidine groups is 1. The van der Waals surface area contributed by atoms with Crippen LogP contribution in [0, 0.1) is 5.92 Å². The molecule has 6 aliphatic heterocycles. The Kier molecular flexibility index (Phi) is 17.8. The number of aliphatic hydroxyl groups is 2. The molecule has 0 aromatic heterocycles. The third-order valence-corrected chi connectivity index (χ3v) is 14.5. The molecule has 6 heterocycles. The molecule has 4 fully saturated rings. The van der Waals surface area contributed by atoms with Gasteiger partial charge in [0.05, 0.1) is 24.3 Å². The standard InChI is InChI=1S/C47H82N6O8/c1-4-6-21-37-26-28-45(60-37)33-35-24-25-38-40(46(27-18-20-34(3)59-46)51-44(50-45)53(35)38)42(55)58-36(5-2)22-16-14-12-10-8-7-9-11-13-15-17-23-39-41(54)52(32-19-30-48)43(56)47(57,61-39)29-31-49/h6,21,34-40,43,56-57H,4-5,7-20,22-33,48-49H2,1-3H3,(H,50,51)/p+1/b21-6+/t34-,35+,36-,37+,38-,39+,40-,43+,45+,46-,47-/m1/s1. The molecular formula is C47H83N6O8+. The first-order valence-electron chi connectivity index (χ1n) is 24.7. The van der Waals surface area contributed by atoms with Crippen LogP contribution in [-0.4, -0.2) is 117 Å². The average molecular weight is 860 g/mol. The number of nitrogens with one attached hydrogen (secondary N) is 2. The lowest BCUT2D eigenvalue weighted by Gasteiger charge is -2.50. The van der Waals surface area contributed by atoms with Gasteiger partial charge in [-0.05, 0) is 90.6 Å². The lowest BCUT2D eigenvalue weighted by atomic mass is 9.80. The summed E-state index contributed by atoms with van der Waals surface area (Å²) in [5, 5.41) is 29.2. The van der Waals surface area contributed by atoms with E-state index in [0.717, 1.165) is 115 Å². The Hall–Kier alpha value is -2.33. The van der Waals surface area contributed by atoms with Gasteiger partial charge in [0.2, 0.25) is 11.5 Å². The molecule has 2 spiro atoms. The van der Waals surface area contributed by atoms with Crippen LogP contribution in [0.4, 0.5) is 0 Å². The van der Waals surface area contributed by atoms with E-state index in [1.54, 1.807) is 0 Å². The predicted octanol–water partition coefficient (Wildman–Crippen LogP) is 5.55. The third-order valence-electron chi connectivity index (χ3n) is 14.5. The Morgan fingerprint density at radius 3 is 2.33 bits per heavy atom. The first-order valence-corrected chi connectivity index (χ1v) is 24.7. The van der Waals surface area contributed by atoms with Crippen molar-refractivity contribution in [3.8, 4) is 0 Å². The summed E-state index contributed by atoms with van der Waals surface area (Å²) in [4.78, 5) is 28.8. The molecule has 14 heteroatoms. The fraction of sp³-hybridized carbons (Fsp3) is 0.894. The van der Waals surface area contributed by atoms with Crippen molar-refractivity contribution in [2.24, 2.45) is 17.4 Å². The van der Waals surface area contributed by atoms with Crippen molar-refractivity contribution in [1.82, 2.24) is 15.5 Å². The van der Waals surface area contributed by atoms with E-state index >= 15 is 0 Å². The maximum atomic E-state index is 14.4. The minimum absolute atomic E-state index is 0.0406. The topological polar surface area (TPSA) is 194 Å². The van der Waals surface area contributed by atoms with Crippen LogP contribution in [0.1, 0.15) is 181 Å². The molecule has 11 atom stereocenters. The van der Waals surface area contributed by atoms with Crippen LogP contribution < -0.4 is 22.1 Å². The summed E-state index contributed by atoms with van der Waals surface area (Å²) in [6.07, 6.45) is 26.1. The van der Waals surface area contributed by atoms with E-state index in [1.165, 1.54) is 37.0 Å². The normalized spacial score (nSPS) is 35.2. The van der Waals surface area contributed by atoms with Crippen LogP contribution in [0.25, 0.3) is 0 Å². The third kappa shape index (κ3) is 11.7. The van der Waals surface area contributed by atoms with Crippen LogP contribution in [0.15, 0.2) is 12.2 Å². The number of hydrogen-bond donors (Lipinski definition) is 6. The van der Waals surface area contributed by atoms with Crippen LogP contribution in [-0.2, 0) is 28.5 Å². The number of aliphatic hydroxyl groups excluding tert-OH is 1. The zero-order valence-electron chi connectivity index (χ0n) is 38.0. The molecule has 0 aromatic carbocycles. The fourth-order valence-corrected chi connectivity index (χ4v) is 11.3. The molecule has 6 aliphatic rings. The molecule has 0 radical (unpaired) electrons. The Balaban J connectivity index is 0.883. The first kappa shape index (κ1) is 48.1. The number of nitrogens with zero attached hydrogens (tertiary/aromatic N) is 2. The molecule has 0 saturated carbocycles. The predicted molar refractivity (Wildman–Crippen MR) is 235 cm³/mol. The van der Waals surface area contributed by atoms with Crippen LogP contribution in [0.3, 0.4) is 0 Å². The summed E-state index contributed by atoms with van der Waals surface area (Å²) >= 11 is 0. The van der Waals surface area contributed by atoms with Crippen molar-refractivity contribution >= 4 is 17.8 Å². The summed E-state index contributed by atoms with van der Waals surface area (Å²) in [7, 11) is 0. The second kappa shape index (κ2) is 22.5. The highest BCUT2D eigenvalue weighted by molar-refractivity contribution is 5.83. The molecule has 0 unspecified atom stereocenters. The molecular weight excluding hydrogens is 777 g/mol. The number of hydrogen-bond acceptors (Lipinski definition) is 12. The SMILES string of the molecule is CC/C=C/[C@H]1CC[C@@]2(C[C@@H]3CC[C@@H]4[C@H](C(=O)O[C@H](CC)CCCCCCCCCCCCC[C@@H]5O[C@](O)(CCN)[C@H](O)N(CCCN)C5=O)[C@]5(CCC[C@@H](C)O5)NC(=[N+]34)N2)O1. The van der Waals surface area contributed by atoms with Crippen LogP contribution in [0.5, 0.6) is 0 Å². The summed E-state index contributed by atoms with van der Waals surface area (Å²) in [5.74, 6) is -1.64. The molecule has 61 heavy (non-hydrogen) atoms. The lowest BCUT2D eigenvalue weighted by molar-refractivity contribution is -0.608. The maximum Gasteiger partial charge on any atom is 0.350 e. The second-order valence-corrected chi connectivity index (χ2v) is 19.2. The van der Waals surface area contributed by atoms with Gasteiger partial charge in [0.15, 0.2) is 17.9 Å². The number of allylic oxidation sites excluding steroid dienone is 1. The Bertz CT molecular complexity index is 1480. The number of morpholine rings is 1. The quantitative estimate of drug-likeness (QED) is 0.0307. The van der Waals surface area contributed by atoms with E-state index in [9.17, 15) is 19.8 Å². The van der Waals surface area contributed by atoms with Gasteiger partial charge in [-0.2, -0.15) is 0 Å². The van der Waals surface area contributed by atoms with Crippen molar-refractivity contribution in [2.75, 3.05) is 19.6 Å². The van der Waals surface area contributed by atoms with Gasteiger partial charge in [0.1, 0.15) is 12.2 Å². The van der Waals surface area contributed by atoms with Crippen molar-refractivity contribution in [3.05, 3.63) is 12.2 Å². The minimum atomic E-state index is -1.85. The van der Waals surface area contributed by atoms with Gasteiger partial charge in [0.25, 0.3) is 5.91 Å². The summed E-state index contributed by atoms with van der Waals surface area (Å²) < 4.78 is 28.2. The number of carbonyl (C=O) groups excluding carboxylic acids is 2. The van der Waals surface area contributed by atoms with Gasteiger partial charge in [-0.25, -0.2) is 10.6 Å². The van der Waals surface area contributed by atoms with E-state index < -0.39 is 23.8 Å². The number of carbonyl (C=O) groups is 2. The van der Waals surface area contributed by atoms with Gasteiger partial charge in [-0.3, -0.25) is 14.2 Å². The number of amides is 1. The van der Waals surface area contributed by atoms with Crippen molar-refractivity contribution in [3.63, 3.8) is 0 Å². The number of esters is 1. The molecule has 4 saturated heterocycles. The van der Waals surface area contributed by atoms with Crippen LogP contribution in [0.2, 0.25) is 0 Å². The van der Waals surface area contributed by atoms with E-state index in [-0.39, 0.29) is 67.4 Å². The average Bonchev–Trinajstić information content (AvgIpc) is 3.83. The highest BCUT2D eigenvalue weighted by Crippen LogP contribution is 2.47. The summed E-state index contributed by atoms with van der Waals surface area (Å²) in [6.45, 7) is 7.24. The van der Waals surface area contributed by atoms with Gasteiger partial charge in [-0.1, -0.05) is 90.2 Å². The molecule has 0 aromatic rings. The Morgan fingerprint density at radius 1 is 0.934 bits per heavy atom. The highest BCUT2D eigenvalue weighted by Gasteiger charge is 2.65. The van der Waals surface area contributed by atoms with Gasteiger partial charge in [0, 0.05) is 32.2 Å². The molecule has 348 valence electrons. The molecule has 6 rings (SSSR count). The highest BCUT2D eigenvalue weighted by atomic mass is 16.7. The van der Waals surface area contributed by atoms with E-state index in [1.807, 2.05) is 0 Å². The summed E-state index contributed by atoms with van der Waals surface area (Å²) in [6, 6.07) is 0.361. The summed E-state index contributed by atoms with van der Waals surface area (Å²) in [5.41, 5.74) is 10.1. The molecule has 1 amide bonds. The van der Waals surface area contributed by atoms with Gasteiger partial charge >= 0.3 is 11.9 Å². The zero-order chi connectivity index (χ0) is 43.5. The maximum absolute atomic E-state index is 14.4.